The maximum atomic E-state index is 11.5. The Bertz CT molecular complexity index is 320. The van der Waals surface area contributed by atoms with Crippen LogP contribution in [-0.4, -0.2) is 44.5 Å². The van der Waals surface area contributed by atoms with Crippen LogP contribution in [0.3, 0.4) is 0 Å². The number of para-hydroxylation sites is 1. The number of carbonyl (C=O) groups excluding carboxylic acids is 1. The van der Waals surface area contributed by atoms with Gasteiger partial charge in [0.15, 0.2) is 0 Å². The van der Waals surface area contributed by atoms with E-state index in [1.165, 1.54) is 0 Å². The van der Waals surface area contributed by atoms with Crippen LogP contribution in [-0.2, 0) is 4.79 Å². The van der Waals surface area contributed by atoms with Crippen molar-refractivity contribution in [3.63, 3.8) is 0 Å². The Balaban J connectivity index is 0. The lowest BCUT2D eigenvalue weighted by Gasteiger charge is -2.10. The van der Waals surface area contributed by atoms with E-state index < -0.39 is 0 Å². The van der Waals surface area contributed by atoms with Gasteiger partial charge in [-0.1, -0.05) is 18.2 Å². The summed E-state index contributed by atoms with van der Waals surface area (Å²) >= 11 is 0. The number of hydrogen-bond donors (Lipinski definition) is 2. The summed E-state index contributed by atoms with van der Waals surface area (Å²) in [5.41, 5.74) is 0.835. The van der Waals surface area contributed by atoms with Crippen LogP contribution in [0.1, 0.15) is 0 Å². The van der Waals surface area contributed by atoms with Crippen molar-refractivity contribution < 1.29 is 4.79 Å². The van der Waals surface area contributed by atoms with Gasteiger partial charge in [0, 0.05) is 18.8 Å². The molecule has 18 heavy (non-hydrogen) atoms. The van der Waals surface area contributed by atoms with Gasteiger partial charge >= 0.3 is 0 Å². The van der Waals surface area contributed by atoms with E-state index in [1.54, 1.807) is 0 Å². The maximum Gasteiger partial charge on any atom is 0.238 e. The molecule has 0 saturated heterocycles. The van der Waals surface area contributed by atoms with Crippen LogP contribution in [0, 0.1) is 0 Å². The zero-order valence-corrected chi connectivity index (χ0v) is 12.3. The summed E-state index contributed by atoms with van der Waals surface area (Å²) in [6, 6.07) is 9.46. The molecule has 0 atom stereocenters. The molecule has 0 spiro atoms. The van der Waals surface area contributed by atoms with Crippen molar-refractivity contribution in [3.8, 4) is 0 Å². The SMILES string of the molecule is CN(C)CCNCC(=O)Nc1ccccc1.Cl.Cl. The largest absolute Gasteiger partial charge is 0.325 e. The van der Waals surface area contributed by atoms with Gasteiger partial charge in [-0.25, -0.2) is 0 Å². The third-order valence-electron chi connectivity index (χ3n) is 2.08. The number of halogens is 2. The zero-order chi connectivity index (χ0) is 11.8. The van der Waals surface area contributed by atoms with E-state index in [9.17, 15) is 4.79 Å². The summed E-state index contributed by atoms with van der Waals surface area (Å²) in [6.07, 6.45) is 0. The van der Waals surface area contributed by atoms with Crippen LogP contribution in [0.5, 0.6) is 0 Å². The second kappa shape index (κ2) is 11.3. The fourth-order valence-corrected chi connectivity index (χ4v) is 1.23. The lowest BCUT2D eigenvalue weighted by atomic mass is 10.3. The zero-order valence-electron chi connectivity index (χ0n) is 10.7. The highest BCUT2D eigenvalue weighted by Gasteiger charge is 2.00. The fourth-order valence-electron chi connectivity index (χ4n) is 1.23. The highest BCUT2D eigenvalue weighted by Crippen LogP contribution is 2.03. The van der Waals surface area contributed by atoms with Gasteiger partial charge < -0.3 is 15.5 Å². The molecule has 2 N–H and O–H groups in total. The van der Waals surface area contributed by atoms with Crippen LogP contribution in [0.2, 0.25) is 0 Å². The molecular weight excluding hydrogens is 273 g/mol. The molecule has 0 aliphatic heterocycles. The molecule has 0 aliphatic rings. The number of hydrogen-bond acceptors (Lipinski definition) is 3. The molecule has 1 amide bonds. The molecule has 4 nitrogen and oxygen atoms in total. The summed E-state index contributed by atoms with van der Waals surface area (Å²) in [6.45, 7) is 2.09. The van der Waals surface area contributed by atoms with Gasteiger partial charge in [0.05, 0.1) is 6.54 Å². The first kappa shape index (κ1) is 19.5. The Morgan fingerprint density at radius 3 is 2.33 bits per heavy atom. The first-order valence-electron chi connectivity index (χ1n) is 5.39. The molecule has 104 valence electrons. The van der Waals surface area contributed by atoms with E-state index in [0.717, 1.165) is 18.8 Å². The third-order valence-corrected chi connectivity index (χ3v) is 2.08. The molecule has 0 bridgehead atoms. The van der Waals surface area contributed by atoms with Crippen LogP contribution in [0.25, 0.3) is 0 Å². The normalized spacial score (nSPS) is 9.28. The predicted molar refractivity (Wildman–Crippen MR) is 81.0 cm³/mol. The minimum Gasteiger partial charge on any atom is -0.325 e. The van der Waals surface area contributed by atoms with Gasteiger partial charge in [-0.3, -0.25) is 4.79 Å². The highest BCUT2D eigenvalue weighted by atomic mass is 35.5. The summed E-state index contributed by atoms with van der Waals surface area (Å²) in [5.74, 6) is -0.00930. The molecule has 0 saturated carbocycles. The summed E-state index contributed by atoms with van der Waals surface area (Å²) < 4.78 is 0. The minimum atomic E-state index is -0.00930. The topological polar surface area (TPSA) is 44.4 Å². The quantitative estimate of drug-likeness (QED) is 0.784. The molecule has 6 heteroatoms. The fraction of sp³-hybridized carbons (Fsp3) is 0.417. The number of carbonyl (C=O) groups is 1. The number of rotatable bonds is 6. The lowest BCUT2D eigenvalue weighted by molar-refractivity contribution is -0.115. The van der Waals surface area contributed by atoms with Crippen LogP contribution in [0.4, 0.5) is 5.69 Å². The van der Waals surface area contributed by atoms with Crippen LogP contribution >= 0.6 is 24.8 Å². The van der Waals surface area contributed by atoms with E-state index in [-0.39, 0.29) is 30.7 Å². The van der Waals surface area contributed by atoms with Gasteiger partial charge in [-0.15, -0.1) is 24.8 Å². The van der Waals surface area contributed by atoms with Gasteiger partial charge in [0.1, 0.15) is 0 Å². The molecule has 0 aliphatic carbocycles. The second-order valence-electron chi connectivity index (χ2n) is 3.89. The molecule has 1 rings (SSSR count). The number of nitrogens with one attached hydrogen (secondary N) is 2. The van der Waals surface area contributed by atoms with E-state index in [0.29, 0.717) is 6.54 Å². The number of benzene rings is 1. The Morgan fingerprint density at radius 1 is 1.17 bits per heavy atom. The number of nitrogens with zero attached hydrogens (tertiary/aromatic N) is 1. The first-order chi connectivity index (χ1) is 7.68. The molecule has 1 aromatic rings. The molecule has 0 radical (unpaired) electrons. The molecular formula is C12H21Cl2N3O. The summed E-state index contributed by atoms with van der Waals surface area (Å²) in [5, 5.41) is 5.90. The predicted octanol–water partition coefficient (Wildman–Crippen LogP) is 1.62. The van der Waals surface area contributed by atoms with Crippen molar-refractivity contribution >= 4 is 36.4 Å². The van der Waals surface area contributed by atoms with E-state index in [4.69, 9.17) is 0 Å². The standard InChI is InChI=1S/C12H19N3O.2ClH/c1-15(2)9-8-13-10-12(16)14-11-6-4-3-5-7-11;;/h3-7,13H,8-10H2,1-2H3,(H,14,16);2*1H. The Morgan fingerprint density at radius 2 is 1.78 bits per heavy atom. The summed E-state index contributed by atoms with van der Waals surface area (Å²) in [7, 11) is 4.01. The molecule has 0 heterocycles. The Kier molecular flexibility index (Phi) is 12.2. The minimum absolute atomic E-state index is 0. The van der Waals surface area contributed by atoms with Crippen molar-refractivity contribution in [2.75, 3.05) is 39.0 Å². The highest BCUT2D eigenvalue weighted by molar-refractivity contribution is 5.92. The van der Waals surface area contributed by atoms with Crippen molar-refractivity contribution in [2.24, 2.45) is 0 Å². The number of likely N-dealkylation sites (N-methyl/N-ethyl adjacent to an activating group) is 1. The van der Waals surface area contributed by atoms with Crippen LogP contribution in [0.15, 0.2) is 30.3 Å². The van der Waals surface area contributed by atoms with Crippen molar-refractivity contribution in [2.45, 2.75) is 0 Å². The Hall–Kier alpha value is -0.810. The van der Waals surface area contributed by atoms with Gasteiger partial charge in [0.2, 0.25) is 5.91 Å². The van der Waals surface area contributed by atoms with Crippen molar-refractivity contribution in [3.05, 3.63) is 30.3 Å². The smallest absolute Gasteiger partial charge is 0.238 e. The maximum absolute atomic E-state index is 11.5. The molecule has 0 unspecified atom stereocenters. The van der Waals surface area contributed by atoms with Crippen molar-refractivity contribution in [1.29, 1.82) is 0 Å². The Labute approximate surface area is 121 Å². The van der Waals surface area contributed by atoms with E-state index in [1.807, 2.05) is 44.4 Å². The monoisotopic (exact) mass is 293 g/mol. The number of amides is 1. The van der Waals surface area contributed by atoms with E-state index >= 15 is 0 Å². The summed E-state index contributed by atoms with van der Waals surface area (Å²) in [4.78, 5) is 13.5. The van der Waals surface area contributed by atoms with Gasteiger partial charge in [-0.2, -0.15) is 0 Å². The lowest BCUT2D eigenvalue weighted by Crippen LogP contribution is -2.33. The molecule has 0 aromatic heterocycles. The average molecular weight is 294 g/mol. The third kappa shape index (κ3) is 9.24. The first-order valence-corrected chi connectivity index (χ1v) is 5.39. The number of anilines is 1. The van der Waals surface area contributed by atoms with Crippen LogP contribution < -0.4 is 10.6 Å². The average Bonchev–Trinajstić information content (AvgIpc) is 2.25. The van der Waals surface area contributed by atoms with E-state index in [2.05, 4.69) is 15.5 Å². The molecule has 0 fully saturated rings. The van der Waals surface area contributed by atoms with Crippen molar-refractivity contribution in [1.82, 2.24) is 10.2 Å². The second-order valence-corrected chi connectivity index (χ2v) is 3.89. The van der Waals surface area contributed by atoms with Gasteiger partial charge in [-0.05, 0) is 26.2 Å². The van der Waals surface area contributed by atoms with Gasteiger partial charge in [0.25, 0.3) is 0 Å². The molecule has 1 aromatic carbocycles.